The van der Waals surface area contributed by atoms with Gasteiger partial charge in [0.2, 0.25) is 0 Å². The van der Waals surface area contributed by atoms with Crippen LogP contribution in [-0.2, 0) is 0 Å². The van der Waals surface area contributed by atoms with E-state index in [9.17, 15) is 20.0 Å². The average Bonchev–Trinajstić information content (AvgIpc) is 2.47. The fourth-order valence-corrected chi connectivity index (χ4v) is 2.65. The number of non-ortho nitro benzene ring substituents is 1. The first-order valence-electron chi connectivity index (χ1n) is 5.85. The van der Waals surface area contributed by atoms with Crippen LogP contribution in [-0.4, -0.2) is 23.1 Å². The molecule has 7 heteroatoms. The summed E-state index contributed by atoms with van der Waals surface area (Å²) in [6.07, 6.45) is 0. The lowest BCUT2D eigenvalue weighted by atomic mass is 10.2. The second-order valence-electron chi connectivity index (χ2n) is 4.02. The number of carboxylic acids is 1. The maximum Gasteiger partial charge on any atom is 0.337 e. The van der Waals surface area contributed by atoms with Gasteiger partial charge in [-0.1, -0.05) is 17.8 Å². The Bertz CT molecular complexity index is 702. The van der Waals surface area contributed by atoms with Crippen LogP contribution in [0.1, 0.15) is 10.4 Å². The van der Waals surface area contributed by atoms with Crippen LogP contribution in [0.15, 0.2) is 52.3 Å². The van der Waals surface area contributed by atoms with Gasteiger partial charge in [0.25, 0.3) is 5.69 Å². The highest BCUT2D eigenvalue weighted by Gasteiger charge is 2.16. The van der Waals surface area contributed by atoms with Gasteiger partial charge in [-0.2, -0.15) is 0 Å². The Balaban J connectivity index is 2.38. The third-order valence-corrected chi connectivity index (χ3v) is 3.74. The van der Waals surface area contributed by atoms with Crippen LogP contribution >= 0.6 is 11.8 Å². The van der Waals surface area contributed by atoms with Crippen molar-refractivity contribution in [2.45, 2.75) is 9.79 Å². The van der Waals surface area contributed by atoms with Crippen LogP contribution in [0.3, 0.4) is 0 Å². The van der Waals surface area contributed by atoms with Gasteiger partial charge in [-0.15, -0.1) is 0 Å². The van der Waals surface area contributed by atoms with Crippen LogP contribution < -0.4 is 4.74 Å². The van der Waals surface area contributed by atoms with Crippen molar-refractivity contribution in [1.82, 2.24) is 0 Å². The summed E-state index contributed by atoms with van der Waals surface area (Å²) in [5.74, 6) is -0.553. The molecule has 0 aliphatic rings. The molecule has 0 saturated carbocycles. The number of aromatic carboxylic acids is 1. The number of rotatable bonds is 5. The maximum atomic E-state index is 11.2. The highest BCUT2D eigenvalue weighted by atomic mass is 32.2. The lowest BCUT2D eigenvalue weighted by Gasteiger charge is -2.07. The maximum absolute atomic E-state index is 11.2. The fourth-order valence-electron chi connectivity index (χ4n) is 1.68. The molecule has 0 aliphatic heterocycles. The third-order valence-electron chi connectivity index (χ3n) is 2.67. The molecule has 6 nitrogen and oxygen atoms in total. The molecule has 0 atom stereocenters. The lowest BCUT2D eigenvalue weighted by Crippen LogP contribution is -2.00. The third kappa shape index (κ3) is 3.51. The monoisotopic (exact) mass is 305 g/mol. The minimum Gasteiger partial charge on any atom is -0.497 e. The van der Waals surface area contributed by atoms with E-state index in [0.29, 0.717) is 10.6 Å². The van der Waals surface area contributed by atoms with Gasteiger partial charge in [0.15, 0.2) is 0 Å². The summed E-state index contributed by atoms with van der Waals surface area (Å²) in [4.78, 5) is 22.6. The van der Waals surface area contributed by atoms with E-state index in [0.717, 1.165) is 11.0 Å². The molecule has 0 radical (unpaired) electrons. The molecule has 1 N–H and O–H groups in total. The molecule has 2 aromatic carbocycles. The van der Waals surface area contributed by atoms with Crippen molar-refractivity contribution in [3.8, 4) is 5.75 Å². The molecule has 108 valence electrons. The quantitative estimate of drug-likeness (QED) is 0.672. The summed E-state index contributed by atoms with van der Waals surface area (Å²) >= 11 is 1.21. The smallest absolute Gasteiger partial charge is 0.337 e. The normalized spacial score (nSPS) is 10.1. The number of ether oxygens (including phenoxy) is 1. The van der Waals surface area contributed by atoms with Gasteiger partial charge in [-0.25, -0.2) is 4.79 Å². The Kier molecular flexibility index (Phi) is 4.44. The van der Waals surface area contributed by atoms with Crippen LogP contribution in [0.5, 0.6) is 5.75 Å². The Morgan fingerprint density at radius 3 is 2.67 bits per heavy atom. The minimum atomic E-state index is -1.20. The van der Waals surface area contributed by atoms with Crippen LogP contribution in [0, 0.1) is 10.1 Å². The molecule has 0 saturated heterocycles. The molecule has 2 aromatic rings. The van der Waals surface area contributed by atoms with Crippen molar-refractivity contribution in [3.63, 3.8) is 0 Å². The van der Waals surface area contributed by atoms with Gasteiger partial charge in [-0.05, 0) is 24.3 Å². The fraction of sp³-hybridized carbons (Fsp3) is 0.0714. The van der Waals surface area contributed by atoms with Crippen LogP contribution in [0.4, 0.5) is 5.69 Å². The molecule has 2 rings (SSSR count). The molecule has 0 heterocycles. The standard InChI is InChI=1S/C14H11NO5S/c1-20-10-3-2-4-11(8-10)21-13-6-5-9(15(18)19)7-12(13)14(16)17/h2-8H,1H3,(H,16,17). The topological polar surface area (TPSA) is 89.7 Å². The first-order chi connectivity index (χ1) is 10.0. The molecule has 0 fully saturated rings. The van der Waals surface area contributed by atoms with Gasteiger partial charge in [0.05, 0.1) is 17.6 Å². The number of hydrogen-bond acceptors (Lipinski definition) is 5. The number of methoxy groups -OCH3 is 1. The molecule has 0 spiro atoms. The highest BCUT2D eigenvalue weighted by Crippen LogP contribution is 2.34. The predicted octanol–water partition coefficient (Wildman–Crippen LogP) is 3.45. The van der Waals surface area contributed by atoms with Gasteiger partial charge in [0, 0.05) is 21.9 Å². The number of carboxylic acid groups (broad SMARTS) is 1. The second-order valence-corrected chi connectivity index (χ2v) is 5.14. The summed E-state index contributed by atoms with van der Waals surface area (Å²) < 4.78 is 5.10. The van der Waals surface area contributed by atoms with E-state index in [1.54, 1.807) is 31.4 Å². The van der Waals surface area contributed by atoms with Crippen LogP contribution in [0.25, 0.3) is 0 Å². The molecule has 21 heavy (non-hydrogen) atoms. The van der Waals surface area contributed by atoms with Gasteiger partial charge in [0.1, 0.15) is 5.75 Å². The number of nitro groups is 1. The number of nitro benzene ring substituents is 1. The number of benzene rings is 2. The summed E-state index contributed by atoms with van der Waals surface area (Å²) in [6, 6.07) is 10.9. The summed E-state index contributed by atoms with van der Waals surface area (Å²) in [5, 5.41) is 19.9. The number of nitrogens with zero attached hydrogens (tertiary/aromatic N) is 1. The summed E-state index contributed by atoms with van der Waals surface area (Å²) in [7, 11) is 1.54. The number of carbonyl (C=O) groups is 1. The van der Waals surface area contributed by atoms with E-state index in [2.05, 4.69) is 0 Å². The SMILES string of the molecule is COc1cccc(Sc2ccc([N+](=O)[O-])cc2C(=O)O)c1. The Morgan fingerprint density at radius 2 is 2.05 bits per heavy atom. The Morgan fingerprint density at radius 1 is 1.29 bits per heavy atom. The van der Waals surface area contributed by atoms with Crippen molar-refractivity contribution in [1.29, 1.82) is 0 Å². The van der Waals surface area contributed by atoms with Crippen molar-refractivity contribution >= 4 is 23.4 Å². The molecule has 0 aliphatic carbocycles. The zero-order valence-corrected chi connectivity index (χ0v) is 11.8. The molecule has 0 aromatic heterocycles. The van der Waals surface area contributed by atoms with E-state index in [1.165, 1.54) is 23.9 Å². The predicted molar refractivity (Wildman–Crippen MR) is 77.2 cm³/mol. The summed E-state index contributed by atoms with van der Waals surface area (Å²) in [5.41, 5.74) is -0.348. The zero-order valence-electron chi connectivity index (χ0n) is 11.0. The molecule has 0 amide bonds. The van der Waals surface area contributed by atoms with Crippen molar-refractivity contribution in [3.05, 3.63) is 58.1 Å². The Labute approximate surface area is 124 Å². The first kappa shape index (κ1) is 14.9. The molecular formula is C14H11NO5S. The lowest BCUT2D eigenvalue weighted by molar-refractivity contribution is -0.384. The second kappa shape index (κ2) is 6.27. The summed E-state index contributed by atoms with van der Waals surface area (Å²) in [6.45, 7) is 0. The van der Waals surface area contributed by atoms with Crippen molar-refractivity contribution < 1.29 is 19.6 Å². The van der Waals surface area contributed by atoms with Gasteiger partial charge in [-0.3, -0.25) is 10.1 Å². The first-order valence-corrected chi connectivity index (χ1v) is 6.66. The Hall–Kier alpha value is -2.54. The highest BCUT2D eigenvalue weighted by molar-refractivity contribution is 7.99. The van der Waals surface area contributed by atoms with Gasteiger partial charge < -0.3 is 9.84 Å². The zero-order chi connectivity index (χ0) is 15.4. The number of hydrogen-bond donors (Lipinski definition) is 1. The van der Waals surface area contributed by atoms with E-state index in [4.69, 9.17) is 4.74 Å². The molecular weight excluding hydrogens is 294 g/mol. The minimum absolute atomic E-state index is 0.1000. The average molecular weight is 305 g/mol. The largest absolute Gasteiger partial charge is 0.497 e. The molecule has 0 bridgehead atoms. The van der Waals surface area contributed by atoms with Crippen LogP contribution in [0.2, 0.25) is 0 Å². The van der Waals surface area contributed by atoms with Crippen molar-refractivity contribution in [2.75, 3.05) is 7.11 Å². The molecule has 0 unspecified atom stereocenters. The van der Waals surface area contributed by atoms with E-state index >= 15 is 0 Å². The van der Waals surface area contributed by atoms with E-state index in [-0.39, 0.29) is 11.3 Å². The van der Waals surface area contributed by atoms with Gasteiger partial charge >= 0.3 is 5.97 Å². The van der Waals surface area contributed by atoms with Crippen molar-refractivity contribution in [2.24, 2.45) is 0 Å². The van der Waals surface area contributed by atoms with E-state index in [1.807, 2.05) is 0 Å². The van der Waals surface area contributed by atoms with E-state index < -0.39 is 10.9 Å².